The lowest BCUT2D eigenvalue weighted by Gasteiger charge is -2.40. The first-order valence-electron chi connectivity index (χ1n) is 8.51. The van der Waals surface area contributed by atoms with E-state index in [1.165, 1.54) is 5.56 Å². The molecule has 0 bridgehead atoms. The van der Waals surface area contributed by atoms with Crippen molar-refractivity contribution in [2.24, 2.45) is 5.92 Å². The van der Waals surface area contributed by atoms with E-state index >= 15 is 0 Å². The molecule has 1 aromatic heterocycles. The third-order valence-electron chi connectivity index (χ3n) is 5.17. The summed E-state index contributed by atoms with van der Waals surface area (Å²) < 4.78 is 10.5. The predicted octanol–water partition coefficient (Wildman–Crippen LogP) is 0.544. The number of rotatable bonds is 5. The summed E-state index contributed by atoms with van der Waals surface area (Å²) in [5.74, 6) is 0.631. The first-order valence-corrected chi connectivity index (χ1v) is 8.51. The Kier molecular flexibility index (Phi) is 5.71. The molecule has 2 aliphatic heterocycles. The molecule has 0 aliphatic carbocycles. The Morgan fingerprint density at radius 1 is 1.26 bits per heavy atom. The third kappa shape index (κ3) is 4.33. The second kappa shape index (κ2) is 7.77. The molecule has 3 rings (SSSR count). The van der Waals surface area contributed by atoms with Crippen molar-refractivity contribution < 1.29 is 19.4 Å². The highest BCUT2D eigenvalue weighted by molar-refractivity contribution is 5.05. The van der Waals surface area contributed by atoms with Crippen LogP contribution < -0.4 is 0 Å². The van der Waals surface area contributed by atoms with E-state index in [0.717, 1.165) is 39.0 Å². The van der Waals surface area contributed by atoms with Gasteiger partial charge >= 0.3 is 0 Å². The number of nitrogens with zero attached hydrogens (tertiary/aromatic N) is 2. The van der Waals surface area contributed by atoms with Crippen LogP contribution in [0.3, 0.4) is 0 Å². The molecule has 2 aliphatic rings. The molecular weight excluding hydrogens is 296 g/mol. The highest BCUT2D eigenvalue weighted by atomic mass is 16.5. The van der Waals surface area contributed by atoms with Crippen LogP contribution in [0, 0.1) is 5.92 Å². The summed E-state index contributed by atoms with van der Waals surface area (Å²) in [4.78, 5) is 4.62. The van der Waals surface area contributed by atoms with Crippen LogP contribution >= 0.6 is 0 Å². The molecule has 3 atom stereocenters. The Balaban J connectivity index is 1.43. The molecule has 0 amide bonds. The number of aliphatic hydroxyl groups is 2. The number of hydrogen-bond acceptors (Lipinski definition) is 6. The molecule has 2 N–H and O–H groups in total. The van der Waals surface area contributed by atoms with Crippen LogP contribution in [0.15, 0.2) is 23.0 Å². The minimum Gasteiger partial charge on any atom is -0.472 e. The van der Waals surface area contributed by atoms with Gasteiger partial charge in [0.1, 0.15) is 6.10 Å². The van der Waals surface area contributed by atoms with E-state index < -0.39 is 12.2 Å². The lowest BCUT2D eigenvalue weighted by atomic mass is 9.94. The van der Waals surface area contributed by atoms with Gasteiger partial charge in [0.15, 0.2) is 0 Å². The quantitative estimate of drug-likeness (QED) is 0.824. The normalized spacial score (nSPS) is 30.9. The molecule has 130 valence electrons. The highest BCUT2D eigenvalue weighted by Crippen LogP contribution is 2.22. The Hall–Kier alpha value is -0.920. The molecule has 23 heavy (non-hydrogen) atoms. The summed E-state index contributed by atoms with van der Waals surface area (Å²) in [7, 11) is 2.02. The van der Waals surface area contributed by atoms with Gasteiger partial charge in [0.25, 0.3) is 0 Å². The number of piperidine rings is 1. The largest absolute Gasteiger partial charge is 0.472 e. The van der Waals surface area contributed by atoms with Crippen LogP contribution in [0.1, 0.15) is 18.4 Å². The zero-order valence-electron chi connectivity index (χ0n) is 13.8. The number of aliphatic hydroxyl groups excluding tert-OH is 2. The maximum absolute atomic E-state index is 10.1. The lowest BCUT2D eigenvalue weighted by Crippen LogP contribution is -2.56. The number of ether oxygens (including phenoxy) is 1. The maximum atomic E-state index is 10.1. The monoisotopic (exact) mass is 324 g/mol. The van der Waals surface area contributed by atoms with Crippen molar-refractivity contribution in [2.45, 2.75) is 37.6 Å². The fourth-order valence-electron chi connectivity index (χ4n) is 3.66. The summed E-state index contributed by atoms with van der Waals surface area (Å²) >= 11 is 0. The smallest absolute Gasteiger partial charge is 0.105 e. The summed E-state index contributed by atoms with van der Waals surface area (Å²) in [5.41, 5.74) is 1.23. The zero-order chi connectivity index (χ0) is 16.2. The number of likely N-dealkylation sites (tertiary alicyclic amines) is 1. The predicted molar refractivity (Wildman–Crippen MR) is 86.0 cm³/mol. The van der Waals surface area contributed by atoms with Crippen LogP contribution in [0.2, 0.25) is 0 Å². The van der Waals surface area contributed by atoms with Crippen molar-refractivity contribution in [3.05, 3.63) is 24.2 Å². The average Bonchev–Trinajstić information content (AvgIpc) is 3.05. The van der Waals surface area contributed by atoms with E-state index in [-0.39, 0.29) is 12.6 Å². The average molecular weight is 324 g/mol. The van der Waals surface area contributed by atoms with Crippen molar-refractivity contribution in [3.63, 3.8) is 0 Å². The summed E-state index contributed by atoms with van der Waals surface area (Å²) in [6.07, 6.45) is 4.38. The first-order chi connectivity index (χ1) is 11.1. The number of likely N-dealkylation sites (N-methyl/N-ethyl adjacent to an activating group) is 1. The fourth-order valence-corrected chi connectivity index (χ4v) is 3.66. The van der Waals surface area contributed by atoms with Gasteiger partial charge in [-0.15, -0.1) is 0 Å². The molecule has 0 spiro atoms. The van der Waals surface area contributed by atoms with E-state index in [1.807, 2.05) is 19.4 Å². The Morgan fingerprint density at radius 3 is 2.74 bits per heavy atom. The van der Waals surface area contributed by atoms with Crippen molar-refractivity contribution in [1.29, 1.82) is 0 Å². The molecule has 0 aromatic carbocycles. The highest BCUT2D eigenvalue weighted by Gasteiger charge is 2.34. The van der Waals surface area contributed by atoms with Gasteiger partial charge in [-0.25, -0.2) is 0 Å². The Morgan fingerprint density at radius 2 is 2.04 bits per heavy atom. The minimum atomic E-state index is -0.770. The van der Waals surface area contributed by atoms with Gasteiger partial charge in [-0.2, -0.15) is 0 Å². The molecule has 1 aromatic rings. The third-order valence-corrected chi connectivity index (χ3v) is 5.17. The SMILES string of the molecule is CN(CC1CCN(Cc2ccoc2)CC1)[C@@H]1COC[C@@H](O)[C@H]1O. The second-order valence-electron chi connectivity index (χ2n) is 6.95. The van der Waals surface area contributed by atoms with E-state index in [0.29, 0.717) is 12.5 Å². The van der Waals surface area contributed by atoms with Crippen LogP contribution in [0.4, 0.5) is 0 Å². The molecule has 0 unspecified atom stereocenters. The van der Waals surface area contributed by atoms with E-state index in [4.69, 9.17) is 9.15 Å². The van der Waals surface area contributed by atoms with Crippen molar-refractivity contribution >= 4 is 0 Å². The van der Waals surface area contributed by atoms with Gasteiger partial charge < -0.3 is 19.4 Å². The first kappa shape index (κ1) is 16.9. The topological polar surface area (TPSA) is 69.3 Å². The standard InChI is InChI=1S/C17H28N2O4/c1-18(15-11-23-12-16(20)17(15)21)8-13-2-5-19(6-3-13)9-14-4-7-22-10-14/h4,7,10,13,15-17,20-21H,2-3,5-6,8-9,11-12H2,1H3/t15-,16-,17+/m1/s1. The summed E-state index contributed by atoms with van der Waals surface area (Å²) in [6.45, 7) is 4.82. The van der Waals surface area contributed by atoms with E-state index in [2.05, 4.69) is 9.80 Å². The Labute approximate surface area is 137 Å². The molecule has 0 radical (unpaired) electrons. The van der Waals surface area contributed by atoms with E-state index in [1.54, 1.807) is 6.26 Å². The van der Waals surface area contributed by atoms with Crippen molar-refractivity contribution in [2.75, 3.05) is 39.9 Å². The molecular formula is C17H28N2O4. The van der Waals surface area contributed by atoms with Gasteiger partial charge in [-0.05, 0) is 45.0 Å². The van der Waals surface area contributed by atoms with Gasteiger partial charge in [0.05, 0.1) is 37.9 Å². The van der Waals surface area contributed by atoms with Crippen LogP contribution in [0.25, 0.3) is 0 Å². The van der Waals surface area contributed by atoms with Crippen LogP contribution in [0.5, 0.6) is 0 Å². The van der Waals surface area contributed by atoms with Gasteiger partial charge in [-0.1, -0.05) is 0 Å². The van der Waals surface area contributed by atoms with Gasteiger partial charge in [0.2, 0.25) is 0 Å². The summed E-state index contributed by atoms with van der Waals surface area (Å²) in [6, 6.07) is 1.91. The maximum Gasteiger partial charge on any atom is 0.105 e. The van der Waals surface area contributed by atoms with E-state index in [9.17, 15) is 10.2 Å². The number of furan rings is 1. The molecule has 2 fully saturated rings. The Bertz CT molecular complexity index is 459. The molecule has 0 saturated carbocycles. The fraction of sp³-hybridized carbons (Fsp3) is 0.765. The molecule has 6 heteroatoms. The van der Waals surface area contributed by atoms with Crippen molar-refractivity contribution in [1.82, 2.24) is 9.80 Å². The molecule has 3 heterocycles. The van der Waals surface area contributed by atoms with Gasteiger partial charge in [0, 0.05) is 18.7 Å². The molecule has 2 saturated heterocycles. The minimum absolute atomic E-state index is 0.109. The second-order valence-corrected chi connectivity index (χ2v) is 6.95. The van der Waals surface area contributed by atoms with Crippen molar-refractivity contribution in [3.8, 4) is 0 Å². The number of hydrogen-bond donors (Lipinski definition) is 2. The van der Waals surface area contributed by atoms with Crippen LogP contribution in [-0.2, 0) is 11.3 Å². The van der Waals surface area contributed by atoms with Crippen LogP contribution in [-0.4, -0.2) is 78.2 Å². The molecule has 6 nitrogen and oxygen atoms in total. The zero-order valence-corrected chi connectivity index (χ0v) is 13.8. The summed E-state index contributed by atoms with van der Waals surface area (Å²) in [5, 5.41) is 19.9. The lowest BCUT2D eigenvalue weighted by molar-refractivity contribution is -0.130. The van der Waals surface area contributed by atoms with Gasteiger partial charge in [-0.3, -0.25) is 9.80 Å².